The molecular formula is C15H20O3. The van der Waals surface area contributed by atoms with E-state index in [1.165, 1.54) is 0 Å². The molecule has 1 aromatic rings. The normalized spacial score (nSPS) is 14.5. The lowest BCUT2D eigenvalue weighted by atomic mass is 10.1. The summed E-state index contributed by atoms with van der Waals surface area (Å²) in [4.78, 5) is 12.0. The van der Waals surface area contributed by atoms with E-state index in [1.54, 1.807) is 0 Å². The van der Waals surface area contributed by atoms with Gasteiger partial charge in [0.05, 0.1) is 6.10 Å². The van der Waals surface area contributed by atoms with Crippen LogP contribution in [0.4, 0.5) is 0 Å². The van der Waals surface area contributed by atoms with Crippen LogP contribution in [-0.2, 0) is 4.74 Å². The minimum Gasteiger partial charge on any atom is -0.490 e. The van der Waals surface area contributed by atoms with Crippen molar-refractivity contribution in [3.8, 4) is 5.75 Å². The molecule has 0 atom stereocenters. The number of ether oxygens (including phenoxy) is 2. The summed E-state index contributed by atoms with van der Waals surface area (Å²) in [5.74, 6) is 0.976. The highest BCUT2D eigenvalue weighted by molar-refractivity contribution is 5.96. The molecule has 1 aliphatic rings. The Morgan fingerprint density at radius 1 is 1.39 bits per heavy atom. The molecule has 3 nitrogen and oxygen atoms in total. The number of Topliss-reactive ketones (excluding diaryl/α,β-unsaturated/α-hetero) is 1. The fourth-order valence-corrected chi connectivity index (χ4v) is 1.74. The van der Waals surface area contributed by atoms with Gasteiger partial charge in [-0.2, -0.15) is 0 Å². The second-order valence-electron chi connectivity index (χ2n) is 4.57. The number of ketones is 1. The van der Waals surface area contributed by atoms with Crippen molar-refractivity contribution in [1.82, 2.24) is 0 Å². The van der Waals surface area contributed by atoms with E-state index in [1.807, 2.05) is 31.2 Å². The Hall–Kier alpha value is -1.35. The van der Waals surface area contributed by atoms with Crippen LogP contribution >= 0.6 is 0 Å². The highest BCUT2D eigenvalue weighted by Crippen LogP contribution is 2.27. The van der Waals surface area contributed by atoms with E-state index < -0.39 is 0 Å². The van der Waals surface area contributed by atoms with E-state index in [0.717, 1.165) is 30.6 Å². The van der Waals surface area contributed by atoms with Crippen LogP contribution in [0.1, 0.15) is 43.0 Å². The van der Waals surface area contributed by atoms with Gasteiger partial charge >= 0.3 is 0 Å². The second-order valence-corrected chi connectivity index (χ2v) is 4.57. The lowest BCUT2D eigenvalue weighted by Crippen LogP contribution is -2.03. The van der Waals surface area contributed by atoms with Crippen LogP contribution < -0.4 is 4.74 Å². The minimum atomic E-state index is 0.163. The number of carbonyl (C=O) groups is 1. The van der Waals surface area contributed by atoms with Gasteiger partial charge in [0.2, 0.25) is 0 Å². The average molecular weight is 248 g/mol. The molecule has 0 radical (unpaired) electrons. The third kappa shape index (κ3) is 4.15. The third-order valence-corrected chi connectivity index (χ3v) is 2.88. The lowest BCUT2D eigenvalue weighted by Gasteiger charge is -2.06. The molecule has 0 amide bonds. The maximum atomic E-state index is 12.0. The molecule has 0 heterocycles. The Bertz CT molecular complexity index is 396. The number of hydrogen-bond acceptors (Lipinski definition) is 3. The standard InChI is InChI=1S/C15H20O3/c1-2-17-10-4-7-15(16)12-5-3-6-14(11-12)18-13-8-9-13/h3,5-6,11,13H,2,4,7-10H2,1H3. The maximum Gasteiger partial charge on any atom is 0.163 e. The number of benzene rings is 1. The second kappa shape index (κ2) is 6.55. The van der Waals surface area contributed by atoms with E-state index in [-0.39, 0.29) is 5.78 Å². The summed E-state index contributed by atoms with van der Waals surface area (Å²) in [5, 5.41) is 0. The van der Waals surface area contributed by atoms with Gasteiger partial charge in [0.1, 0.15) is 5.75 Å². The first kappa shape index (κ1) is 13.1. The quantitative estimate of drug-likeness (QED) is 0.523. The first-order valence-electron chi connectivity index (χ1n) is 6.67. The van der Waals surface area contributed by atoms with Gasteiger partial charge in [-0.1, -0.05) is 12.1 Å². The molecule has 0 saturated heterocycles. The molecule has 1 aromatic carbocycles. The monoisotopic (exact) mass is 248 g/mol. The zero-order chi connectivity index (χ0) is 12.8. The molecule has 3 heteroatoms. The molecule has 0 aliphatic heterocycles. The smallest absolute Gasteiger partial charge is 0.163 e. The Morgan fingerprint density at radius 3 is 2.94 bits per heavy atom. The van der Waals surface area contributed by atoms with E-state index in [4.69, 9.17) is 9.47 Å². The first-order valence-corrected chi connectivity index (χ1v) is 6.67. The summed E-state index contributed by atoms with van der Waals surface area (Å²) < 4.78 is 10.9. The van der Waals surface area contributed by atoms with E-state index in [9.17, 15) is 4.79 Å². The number of hydrogen-bond donors (Lipinski definition) is 0. The molecular weight excluding hydrogens is 228 g/mol. The van der Waals surface area contributed by atoms with Crippen LogP contribution in [0.5, 0.6) is 5.75 Å². The molecule has 0 unspecified atom stereocenters. The maximum absolute atomic E-state index is 12.0. The Kier molecular flexibility index (Phi) is 4.76. The van der Waals surface area contributed by atoms with Crippen LogP contribution in [0.15, 0.2) is 24.3 Å². The van der Waals surface area contributed by atoms with Crippen molar-refractivity contribution >= 4 is 5.78 Å². The Balaban J connectivity index is 1.84. The van der Waals surface area contributed by atoms with E-state index in [0.29, 0.717) is 25.7 Å². The van der Waals surface area contributed by atoms with Gasteiger partial charge in [-0.3, -0.25) is 4.79 Å². The SMILES string of the molecule is CCOCCCC(=O)c1cccc(OC2CC2)c1. The highest BCUT2D eigenvalue weighted by Gasteiger charge is 2.23. The molecule has 0 spiro atoms. The van der Waals surface area contributed by atoms with Gasteiger partial charge in [0.15, 0.2) is 5.78 Å². The predicted octanol–water partition coefficient (Wildman–Crippen LogP) is 3.23. The van der Waals surface area contributed by atoms with Crippen molar-refractivity contribution in [2.24, 2.45) is 0 Å². The van der Waals surface area contributed by atoms with Gasteiger partial charge in [-0.25, -0.2) is 0 Å². The van der Waals surface area contributed by atoms with Gasteiger partial charge in [-0.05, 0) is 38.3 Å². The average Bonchev–Trinajstić information content (AvgIpc) is 3.19. The van der Waals surface area contributed by atoms with Crippen molar-refractivity contribution in [2.45, 2.75) is 38.7 Å². The van der Waals surface area contributed by atoms with Crippen LogP contribution in [-0.4, -0.2) is 25.1 Å². The predicted molar refractivity (Wildman–Crippen MR) is 70.1 cm³/mol. The van der Waals surface area contributed by atoms with Crippen LogP contribution in [0.25, 0.3) is 0 Å². The summed E-state index contributed by atoms with van der Waals surface area (Å²) >= 11 is 0. The number of rotatable bonds is 8. The summed E-state index contributed by atoms with van der Waals surface area (Å²) in [5.41, 5.74) is 0.740. The van der Waals surface area contributed by atoms with Crippen molar-refractivity contribution in [2.75, 3.05) is 13.2 Å². The fourth-order valence-electron chi connectivity index (χ4n) is 1.74. The van der Waals surface area contributed by atoms with Gasteiger partial charge in [0, 0.05) is 25.2 Å². The number of carbonyl (C=O) groups excluding carboxylic acids is 1. The Morgan fingerprint density at radius 2 is 2.22 bits per heavy atom. The molecule has 1 fully saturated rings. The van der Waals surface area contributed by atoms with Crippen molar-refractivity contribution in [1.29, 1.82) is 0 Å². The van der Waals surface area contributed by atoms with Crippen LogP contribution in [0.3, 0.4) is 0 Å². The topological polar surface area (TPSA) is 35.5 Å². The molecule has 1 aliphatic carbocycles. The van der Waals surface area contributed by atoms with Gasteiger partial charge in [-0.15, -0.1) is 0 Å². The van der Waals surface area contributed by atoms with Crippen LogP contribution in [0, 0.1) is 0 Å². The van der Waals surface area contributed by atoms with Crippen molar-refractivity contribution < 1.29 is 14.3 Å². The zero-order valence-electron chi connectivity index (χ0n) is 10.9. The molecule has 2 rings (SSSR count). The van der Waals surface area contributed by atoms with Gasteiger partial charge in [0.25, 0.3) is 0 Å². The molecule has 0 bridgehead atoms. The van der Waals surface area contributed by atoms with Crippen molar-refractivity contribution in [3.63, 3.8) is 0 Å². The first-order chi connectivity index (χ1) is 8.79. The summed E-state index contributed by atoms with van der Waals surface area (Å²) in [7, 11) is 0. The molecule has 0 aromatic heterocycles. The minimum absolute atomic E-state index is 0.163. The summed E-state index contributed by atoms with van der Waals surface area (Å²) in [6.07, 6.45) is 3.94. The highest BCUT2D eigenvalue weighted by atomic mass is 16.5. The fraction of sp³-hybridized carbons (Fsp3) is 0.533. The summed E-state index contributed by atoms with van der Waals surface area (Å²) in [6.45, 7) is 3.32. The van der Waals surface area contributed by atoms with Gasteiger partial charge < -0.3 is 9.47 Å². The molecule has 0 N–H and O–H groups in total. The van der Waals surface area contributed by atoms with Crippen molar-refractivity contribution in [3.05, 3.63) is 29.8 Å². The zero-order valence-corrected chi connectivity index (χ0v) is 10.9. The molecule has 98 valence electrons. The summed E-state index contributed by atoms with van der Waals surface area (Å²) in [6, 6.07) is 7.49. The van der Waals surface area contributed by atoms with E-state index >= 15 is 0 Å². The molecule has 18 heavy (non-hydrogen) atoms. The lowest BCUT2D eigenvalue weighted by molar-refractivity contribution is 0.0946. The van der Waals surface area contributed by atoms with Crippen LogP contribution in [0.2, 0.25) is 0 Å². The third-order valence-electron chi connectivity index (χ3n) is 2.88. The Labute approximate surface area is 108 Å². The molecule has 1 saturated carbocycles. The van der Waals surface area contributed by atoms with E-state index in [2.05, 4.69) is 0 Å². The largest absolute Gasteiger partial charge is 0.490 e.